The molecular weight excluding hydrogens is 449 g/mol. The third kappa shape index (κ3) is 5.36. The second-order valence-electron chi connectivity index (χ2n) is 6.29. The second kappa shape index (κ2) is 9.84. The van der Waals surface area contributed by atoms with E-state index < -0.39 is 29.5 Å². The normalized spacial score (nSPS) is 14.9. The summed E-state index contributed by atoms with van der Waals surface area (Å²) in [5, 5.41) is 8.36. The van der Waals surface area contributed by atoms with Crippen molar-refractivity contribution < 1.29 is 33.4 Å². The summed E-state index contributed by atoms with van der Waals surface area (Å²) in [7, 11) is 0. The van der Waals surface area contributed by atoms with Crippen LogP contribution in [0.15, 0.2) is 41.3 Å². The number of hydrogen-bond acceptors (Lipinski definition) is 6. The van der Waals surface area contributed by atoms with E-state index in [0.717, 1.165) is 16.7 Å². The van der Waals surface area contributed by atoms with E-state index in [9.17, 15) is 18.8 Å². The number of benzene rings is 2. The Hall–Kier alpha value is -3.04. The van der Waals surface area contributed by atoms with Crippen LogP contribution in [0.5, 0.6) is 11.5 Å². The van der Waals surface area contributed by atoms with Crippen molar-refractivity contribution in [2.45, 2.75) is 13.5 Å². The van der Waals surface area contributed by atoms with Crippen LogP contribution in [0.3, 0.4) is 0 Å². The molecule has 0 radical (unpaired) electrons. The first-order valence-electron chi connectivity index (χ1n) is 9.09. The quantitative estimate of drug-likeness (QED) is 0.570. The summed E-state index contributed by atoms with van der Waals surface area (Å²) in [4.78, 5) is 36.9. The first-order chi connectivity index (χ1) is 14.8. The zero-order valence-electron chi connectivity index (χ0n) is 16.3. The average Bonchev–Trinajstić information content (AvgIpc) is 2.97. The molecule has 1 aliphatic rings. The summed E-state index contributed by atoms with van der Waals surface area (Å²) in [6.07, 6.45) is 1.50. The molecule has 1 N–H and O–H groups in total. The molecule has 10 heteroatoms. The third-order valence-electron chi connectivity index (χ3n) is 4.17. The number of carbonyl (C=O) groups excluding carboxylic acids is 2. The molecular formula is C21H17ClFNO6S. The molecule has 0 unspecified atom stereocenters. The summed E-state index contributed by atoms with van der Waals surface area (Å²) < 4.78 is 24.7. The number of thioether (sulfide) groups is 1. The Labute approximate surface area is 186 Å². The maximum absolute atomic E-state index is 14.1. The molecule has 31 heavy (non-hydrogen) atoms. The summed E-state index contributed by atoms with van der Waals surface area (Å²) in [6, 6.07) is 8.82. The maximum atomic E-state index is 14.1. The highest BCUT2D eigenvalue weighted by atomic mass is 35.5. The number of ether oxygens (including phenoxy) is 2. The lowest BCUT2D eigenvalue weighted by Gasteiger charge is -2.14. The maximum Gasteiger partial charge on any atom is 0.341 e. The molecule has 7 nitrogen and oxygen atoms in total. The van der Waals surface area contributed by atoms with E-state index in [2.05, 4.69) is 0 Å². The smallest absolute Gasteiger partial charge is 0.341 e. The first-order valence-corrected chi connectivity index (χ1v) is 10.3. The van der Waals surface area contributed by atoms with Crippen LogP contribution in [-0.4, -0.2) is 40.3 Å². The number of carbonyl (C=O) groups is 3. The summed E-state index contributed by atoms with van der Waals surface area (Å²) in [5.41, 5.74) is 0.604. The van der Waals surface area contributed by atoms with Crippen molar-refractivity contribution >= 4 is 46.6 Å². The summed E-state index contributed by atoms with van der Waals surface area (Å²) in [5.74, 6) is -1.76. The van der Waals surface area contributed by atoms with Crippen molar-refractivity contribution in [3.05, 3.63) is 63.3 Å². The van der Waals surface area contributed by atoms with Crippen molar-refractivity contribution in [2.24, 2.45) is 0 Å². The lowest BCUT2D eigenvalue weighted by atomic mass is 10.1. The minimum Gasteiger partial charge on any atom is -0.490 e. The Bertz CT molecular complexity index is 1050. The van der Waals surface area contributed by atoms with Crippen LogP contribution in [0.2, 0.25) is 5.02 Å². The lowest BCUT2D eigenvalue weighted by molar-refractivity contribution is -0.139. The van der Waals surface area contributed by atoms with Crippen LogP contribution in [-0.2, 0) is 16.1 Å². The number of amides is 2. The van der Waals surface area contributed by atoms with E-state index in [1.165, 1.54) is 30.3 Å². The van der Waals surface area contributed by atoms with Gasteiger partial charge in [-0.1, -0.05) is 23.7 Å². The summed E-state index contributed by atoms with van der Waals surface area (Å²) in [6.45, 7) is 1.26. The predicted molar refractivity (Wildman–Crippen MR) is 114 cm³/mol. The molecule has 0 aromatic heterocycles. The molecule has 1 heterocycles. The number of hydrogen-bond donors (Lipinski definition) is 1. The van der Waals surface area contributed by atoms with Crippen LogP contribution in [0.25, 0.3) is 6.08 Å². The molecule has 162 valence electrons. The second-order valence-corrected chi connectivity index (χ2v) is 7.69. The SMILES string of the molecule is CCOc1cc(/C=C2/SC(=O)N(Cc3c(F)cccc3Cl)C2=O)ccc1OCC(=O)O. The van der Waals surface area contributed by atoms with Gasteiger partial charge in [0.15, 0.2) is 18.1 Å². The number of imide groups is 1. The standard InChI is InChI=1S/C21H17ClFNO6S/c1-2-29-17-8-12(6-7-16(17)30-11-19(25)26)9-18-20(27)24(21(28)31-18)10-13-14(22)4-3-5-15(13)23/h3-9H,2,10-11H2,1H3,(H,25,26)/b18-9+. The number of halogens is 2. The van der Waals surface area contributed by atoms with Crippen molar-refractivity contribution in [3.8, 4) is 11.5 Å². The minimum atomic E-state index is -1.13. The van der Waals surface area contributed by atoms with E-state index in [0.29, 0.717) is 17.9 Å². The fourth-order valence-corrected chi connectivity index (χ4v) is 3.83. The van der Waals surface area contributed by atoms with E-state index in [1.807, 2.05) is 0 Å². The predicted octanol–water partition coefficient (Wildman–Crippen LogP) is 4.58. The van der Waals surface area contributed by atoms with Gasteiger partial charge < -0.3 is 14.6 Å². The van der Waals surface area contributed by atoms with Crippen molar-refractivity contribution in [2.75, 3.05) is 13.2 Å². The highest BCUT2D eigenvalue weighted by Crippen LogP contribution is 2.36. The molecule has 3 rings (SSSR count). The van der Waals surface area contributed by atoms with Crippen LogP contribution in [0, 0.1) is 5.82 Å². The van der Waals surface area contributed by atoms with Gasteiger partial charge in [-0.3, -0.25) is 14.5 Å². The topological polar surface area (TPSA) is 93.1 Å². The van der Waals surface area contributed by atoms with Crippen LogP contribution in [0.4, 0.5) is 9.18 Å². The number of aliphatic carboxylic acids is 1. The van der Waals surface area contributed by atoms with Crippen molar-refractivity contribution in [1.82, 2.24) is 4.90 Å². The molecule has 2 amide bonds. The molecule has 2 aromatic rings. The largest absolute Gasteiger partial charge is 0.490 e. The first kappa shape index (κ1) is 22.6. The Morgan fingerprint density at radius 2 is 2.00 bits per heavy atom. The van der Waals surface area contributed by atoms with Gasteiger partial charge in [0, 0.05) is 10.6 Å². The number of carboxylic acids is 1. The van der Waals surface area contributed by atoms with Gasteiger partial charge in [0.1, 0.15) is 5.82 Å². The molecule has 0 aliphatic carbocycles. The van der Waals surface area contributed by atoms with Gasteiger partial charge in [0.2, 0.25) is 0 Å². The average molecular weight is 466 g/mol. The Kier molecular flexibility index (Phi) is 7.19. The van der Waals surface area contributed by atoms with Gasteiger partial charge in [-0.25, -0.2) is 9.18 Å². The number of nitrogens with zero attached hydrogens (tertiary/aromatic N) is 1. The minimum absolute atomic E-state index is 0.0614. The molecule has 0 atom stereocenters. The molecule has 0 bridgehead atoms. The van der Waals surface area contributed by atoms with Crippen molar-refractivity contribution in [1.29, 1.82) is 0 Å². The van der Waals surface area contributed by atoms with Gasteiger partial charge in [0.05, 0.1) is 18.1 Å². The van der Waals surface area contributed by atoms with E-state index in [1.54, 1.807) is 19.1 Å². The van der Waals surface area contributed by atoms with Gasteiger partial charge in [-0.15, -0.1) is 0 Å². The number of rotatable bonds is 8. The fourth-order valence-electron chi connectivity index (χ4n) is 2.77. The highest BCUT2D eigenvalue weighted by molar-refractivity contribution is 8.18. The molecule has 1 saturated heterocycles. The molecule has 1 fully saturated rings. The van der Waals surface area contributed by atoms with E-state index in [4.69, 9.17) is 26.2 Å². The fraction of sp³-hybridized carbons (Fsp3) is 0.190. The highest BCUT2D eigenvalue weighted by Gasteiger charge is 2.36. The molecule has 1 aliphatic heterocycles. The number of carboxylic acid groups (broad SMARTS) is 1. The zero-order valence-corrected chi connectivity index (χ0v) is 17.8. The molecule has 2 aromatic carbocycles. The van der Waals surface area contributed by atoms with Gasteiger partial charge >= 0.3 is 5.97 Å². The van der Waals surface area contributed by atoms with Gasteiger partial charge in [-0.2, -0.15) is 0 Å². The Morgan fingerprint density at radius 1 is 1.23 bits per heavy atom. The monoisotopic (exact) mass is 465 g/mol. The third-order valence-corrected chi connectivity index (χ3v) is 5.43. The van der Waals surface area contributed by atoms with Crippen LogP contribution >= 0.6 is 23.4 Å². The van der Waals surface area contributed by atoms with Crippen LogP contribution < -0.4 is 9.47 Å². The summed E-state index contributed by atoms with van der Waals surface area (Å²) >= 11 is 6.73. The van der Waals surface area contributed by atoms with Crippen molar-refractivity contribution in [3.63, 3.8) is 0 Å². The lowest BCUT2D eigenvalue weighted by Crippen LogP contribution is -2.28. The molecule has 0 saturated carbocycles. The van der Waals surface area contributed by atoms with Gasteiger partial charge in [-0.05, 0) is 54.6 Å². The van der Waals surface area contributed by atoms with Gasteiger partial charge in [0.25, 0.3) is 11.1 Å². The Balaban J connectivity index is 1.83. The van der Waals surface area contributed by atoms with E-state index in [-0.39, 0.29) is 27.8 Å². The zero-order chi connectivity index (χ0) is 22.5. The Morgan fingerprint density at radius 3 is 2.68 bits per heavy atom. The molecule has 0 spiro atoms. The van der Waals surface area contributed by atoms with E-state index >= 15 is 0 Å². The van der Waals surface area contributed by atoms with Crippen LogP contribution in [0.1, 0.15) is 18.1 Å².